The van der Waals surface area contributed by atoms with Gasteiger partial charge in [0.05, 0.1) is 6.10 Å². The molecule has 26 heavy (non-hydrogen) atoms. The van der Waals surface area contributed by atoms with E-state index in [4.69, 9.17) is 0 Å². The van der Waals surface area contributed by atoms with Gasteiger partial charge in [-0.2, -0.15) is 0 Å². The van der Waals surface area contributed by atoms with Crippen LogP contribution in [0.2, 0.25) is 0 Å². The van der Waals surface area contributed by atoms with Crippen LogP contribution in [0.5, 0.6) is 0 Å². The zero-order chi connectivity index (χ0) is 18.0. The van der Waals surface area contributed by atoms with Crippen LogP contribution in [0.3, 0.4) is 0 Å². The van der Waals surface area contributed by atoms with Crippen LogP contribution < -0.4 is 5.32 Å². The van der Waals surface area contributed by atoms with Crippen molar-refractivity contribution < 1.29 is 5.11 Å². The average Bonchev–Trinajstić information content (AvgIpc) is 2.64. The predicted molar refractivity (Wildman–Crippen MR) is 111 cm³/mol. The van der Waals surface area contributed by atoms with Gasteiger partial charge in [-0.05, 0) is 43.6 Å². The highest BCUT2D eigenvalue weighted by Crippen LogP contribution is 2.33. The van der Waals surface area contributed by atoms with Crippen molar-refractivity contribution in [2.24, 2.45) is 0 Å². The number of benzene rings is 1. The third-order valence-electron chi connectivity index (χ3n) is 6.53. The molecule has 2 heteroatoms. The Bertz CT molecular complexity index is 476. The zero-order valence-electron chi connectivity index (χ0n) is 16.5. The number of hydrogen-bond acceptors (Lipinski definition) is 2. The first-order valence-electron chi connectivity index (χ1n) is 11.3. The van der Waals surface area contributed by atoms with Crippen LogP contribution in [0.1, 0.15) is 101 Å². The van der Waals surface area contributed by atoms with Crippen molar-refractivity contribution in [1.82, 2.24) is 5.32 Å². The second-order valence-electron chi connectivity index (χ2n) is 8.79. The molecule has 3 rings (SSSR count). The molecule has 0 radical (unpaired) electrons. The number of aliphatic hydroxyl groups excluding tert-OH is 1. The Balaban J connectivity index is 1.54. The molecule has 0 amide bonds. The van der Waals surface area contributed by atoms with Gasteiger partial charge in [0.15, 0.2) is 0 Å². The Morgan fingerprint density at radius 2 is 1.23 bits per heavy atom. The van der Waals surface area contributed by atoms with Crippen molar-refractivity contribution in [2.45, 2.75) is 114 Å². The van der Waals surface area contributed by atoms with Gasteiger partial charge in [0.1, 0.15) is 0 Å². The van der Waals surface area contributed by atoms with Crippen molar-refractivity contribution in [3.8, 4) is 0 Å². The predicted octanol–water partition coefficient (Wildman–Crippen LogP) is 5.95. The molecule has 3 atom stereocenters. The zero-order valence-corrected chi connectivity index (χ0v) is 16.5. The topological polar surface area (TPSA) is 32.3 Å². The van der Waals surface area contributed by atoms with Crippen molar-refractivity contribution in [3.05, 3.63) is 35.9 Å². The van der Waals surface area contributed by atoms with Crippen LogP contribution in [0.25, 0.3) is 0 Å². The van der Waals surface area contributed by atoms with Crippen LogP contribution in [-0.2, 0) is 0 Å². The summed E-state index contributed by atoms with van der Waals surface area (Å²) in [5, 5.41) is 14.4. The molecule has 0 spiro atoms. The normalized spacial score (nSPS) is 30.3. The van der Waals surface area contributed by atoms with Gasteiger partial charge in [0.2, 0.25) is 0 Å². The molecular formula is C24H39NO. The lowest BCUT2D eigenvalue weighted by atomic mass is 9.79. The number of rotatable bonds is 3. The minimum Gasteiger partial charge on any atom is -0.393 e. The maximum atomic E-state index is 10.5. The first-order valence-corrected chi connectivity index (χ1v) is 11.3. The lowest BCUT2D eigenvalue weighted by molar-refractivity contribution is 0.0960. The highest BCUT2D eigenvalue weighted by Gasteiger charge is 2.29. The second kappa shape index (κ2) is 11.1. The molecule has 0 aliphatic heterocycles. The Hall–Kier alpha value is -0.860. The summed E-state index contributed by atoms with van der Waals surface area (Å²) < 4.78 is 0. The Labute approximate surface area is 160 Å². The molecule has 146 valence electrons. The minimum absolute atomic E-state index is 0.155. The molecule has 2 aliphatic rings. The van der Waals surface area contributed by atoms with Gasteiger partial charge in [-0.1, -0.05) is 88.1 Å². The van der Waals surface area contributed by atoms with E-state index in [2.05, 4.69) is 35.6 Å². The van der Waals surface area contributed by atoms with Gasteiger partial charge >= 0.3 is 0 Å². The van der Waals surface area contributed by atoms with E-state index >= 15 is 0 Å². The Morgan fingerprint density at radius 1 is 0.654 bits per heavy atom. The largest absolute Gasteiger partial charge is 0.393 e. The SMILES string of the molecule is OC1CC(NC2CCCCCCCCCCC2)CC(c2ccccc2)C1. The maximum Gasteiger partial charge on any atom is 0.0561 e. The second-order valence-corrected chi connectivity index (χ2v) is 8.79. The van der Waals surface area contributed by atoms with Crippen LogP contribution >= 0.6 is 0 Å². The van der Waals surface area contributed by atoms with E-state index in [0.717, 1.165) is 12.8 Å². The van der Waals surface area contributed by atoms with E-state index < -0.39 is 0 Å². The summed E-state index contributed by atoms with van der Waals surface area (Å²) in [7, 11) is 0. The summed E-state index contributed by atoms with van der Waals surface area (Å²) in [6.45, 7) is 0. The molecule has 1 aromatic rings. The molecule has 2 aliphatic carbocycles. The molecule has 0 heterocycles. The van der Waals surface area contributed by atoms with E-state index in [-0.39, 0.29) is 6.10 Å². The van der Waals surface area contributed by atoms with Gasteiger partial charge < -0.3 is 10.4 Å². The fourth-order valence-corrected chi connectivity index (χ4v) is 5.09. The van der Waals surface area contributed by atoms with Crippen LogP contribution in [0.15, 0.2) is 30.3 Å². The van der Waals surface area contributed by atoms with Crippen molar-refractivity contribution in [3.63, 3.8) is 0 Å². The van der Waals surface area contributed by atoms with Gasteiger partial charge in [-0.25, -0.2) is 0 Å². The quantitative estimate of drug-likeness (QED) is 0.701. The summed E-state index contributed by atoms with van der Waals surface area (Å²) in [5.41, 5.74) is 1.40. The summed E-state index contributed by atoms with van der Waals surface area (Å²) in [4.78, 5) is 0. The van der Waals surface area contributed by atoms with Crippen molar-refractivity contribution in [2.75, 3.05) is 0 Å². The third-order valence-corrected chi connectivity index (χ3v) is 6.53. The molecule has 2 fully saturated rings. The van der Waals surface area contributed by atoms with Crippen LogP contribution in [0.4, 0.5) is 0 Å². The fraction of sp³-hybridized carbons (Fsp3) is 0.750. The first kappa shape index (κ1) is 19.9. The van der Waals surface area contributed by atoms with Crippen molar-refractivity contribution >= 4 is 0 Å². The minimum atomic E-state index is -0.155. The molecular weight excluding hydrogens is 318 g/mol. The molecule has 2 N–H and O–H groups in total. The standard InChI is InChI=1S/C24H39NO/c26-24-18-21(20-13-9-8-10-14-20)17-23(19-24)25-22-15-11-6-4-2-1-3-5-7-12-16-22/h8-10,13-14,21-26H,1-7,11-12,15-19H2. The molecule has 2 saturated carbocycles. The monoisotopic (exact) mass is 357 g/mol. The average molecular weight is 358 g/mol. The van der Waals surface area contributed by atoms with E-state index in [1.807, 2.05) is 0 Å². The number of aliphatic hydroxyl groups is 1. The van der Waals surface area contributed by atoms with Gasteiger partial charge in [-0.15, -0.1) is 0 Å². The summed E-state index contributed by atoms with van der Waals surface area (Å²) in [6, 6.07) is 11.9. The lowest BCUT2D eigenvalue weighted by Crippen LogP contribution is -2.44. The van der Waals surface area contributed by atoms with Crippen molar-refractivity contribution in [1.29, 1.82) is 0 Å². The van der Waals surface area contributed by atoms with Gasteiger partial charge in [0.25, 0.3) is 0 Å². The van der Waals surface area contributed by atoms with Gasteiger partial charge in [0, 0.05) is 12.1 Å². The summed E-state index contributed by atoms with van der Waals surface area (Å²) >= 11 is 0. The lowest BCUT2D eigenvalue weighted by Gasteiger charge is -2.36. The Kier molecular flexibility index (Phi) is 8.48. The van der Waals surface area contributed by atoms with Crippen LogP contribution in [0, 0.1) is 0 Å². The fourth-order valence-electron chi connectivity index (χ4n) is 5.09. The molecule has 3 unspecified atom stereocenters. The van der Waals surface area contributed by atoms with E-state index in [9.17, 15) is 5.11 Å². The molecule has 1 aromatic carbocycles. The molecule has 2 nitrogen and oxygen atoms in total. The molecule has 0 aromatic heterocycles. The number of nitrogens with one attached hydrogen (secondary N) is 1. The highest BCUT2D eigenvalue weighted by atomic mass is 16.3. The highest BCUT2D eigenvalue weighted by molar-refractivity contribution is 5.20. The molecule has 0 bridgehead atoms. The van der Waals surface area contributed by atoms with Crippen LogP contribution in [-0.4, -0.2) is 23.3 Å². The third kappa shape index (κ3) is 6.70. The summed E-state index contributed by atoms with van der Waals surface area (Å²) in [5.74, 6) is 0.503. The van der Waals surface area contributed by atoms with Gasteiger partial charge in [-0.3, -0.25) is 0 Å². The van der Waals surface area contributed by atoms with E-state index in [1.165, 1.54) is 82.6 Å². The summed E-state index contributed by atoms with van der Waals surface area (Å²) in [6.07, 6.45) is 18.2. The maximum absolute atomic E-state index is 10.5. The van der Waals surface area contributed by atoms with E-state index in [0.29, 0.717) is 18.0 Å². The number of hydrogen-bond donors (Lipinski definition) is 2. The Morgan fingerprint density at radius 3 is 1.85 bits per heavy atom. The van der Waals surface area contributed by atoms with E-state index in [1.54, 1.807) is 0 Å². The molecule has 0 saturated heterocycles. The first-order chi connectivity index (χ1) is 12.8. The smallest absolute Gasteiger partial charge is 0.0561 e.